The molecule has 0 bridgehead atoms. The highest BCUT2D eigenvalue weighted by molar-refractivity contribution is 4.77. The van der Waals surface area contributed by atoms with E-state index in [1.807, 2.05) is 0 Å². The van der Waals surface area contributed by atoms with Crippen molar-refractivity contribution in [3.05, 3.63) is 0 Å². The smallest absolute Gasteiger partial charge is 0.0558 e. The molecule has 0 aliphatic heterocycles. The fraction of sp³-hybridized carbons (Fsp3) is 1.00. The second-order valence-electron chi connectivity index (χ2n) is 4.55. The molecular weight excluding hydrogens is 188 g/mol. The fourth-order valence-electron chi connectivity index (χ4n) is 2.51. The Morgan fingerprint density at radius 2 is 1.80 bits per heavy atom. The van der Waals surface area contributed by atoms with Gasteiger partial charge >= 0.3 is 0 Å². The van der Waals surface area contributed by atoms with Crippen LogP contribution in [0.1, 0.15) is 44.9 Å². The summed E-state index contributed by atoms with van der Waals surface area (Å²) in [6.45, 7) is 3.11. The van der Waals surface area contributed by atoms with Crippen LogP contribution in [-0.2, 0) is 0 Å². The number of aliphatic hydroxyl groups is 1. The topological polar surface area (TPSA) is 49.5 Å². The van der Waals surface area contributed by atoms with Crippen LogP contribution in [0.15, 0.2) is 0 Å². The van der Waals surface area contributed by atoms with Gasteiger partial charge in [0.25, 0.3) is 0 Å². The Bertz CT molecular complexity index is 147. The molecule has 0 spiro atoms. The molecule has 0 unspecified atom stereocenters. The molecule has 1 saturated carbocycles. The van der Waals surface area contributed by atoms with Gasteiger partial charge in [0.05, 0.1) is 6.61 Å². The Morgan fingerprint density at radius 1 is 1.07 bits per heavy atom. The van der Waals surface area contributed by atoms with E-state index in [2.05, 4.69) is 4.90 Å². The van der Waals surface area contributed by atoms with Gasteiger partial charge in [-0.2, -0.15) is 0 Å². The maximum atomic E-state index is 9.04. The number of rotatable bonds is 8. The van der Waals surface area contributed by atoms with Crippen LogP contribution in [0.5, 0.6) is 0 Å². The van der Waals surface area contributed by atoms with Crippen LogP contribution in [-0.4, -0.2) is 42.3 Å². The lowest BCUT2D eigenvalue weighted by molar-refractivity contribution is 0.149. The van der Waals surface area contributed by atoms with Crippen molar-refractivity contribution in [1.29, 1.82) is 0 Å². The number of aliphatic hydroxyl groups excluding tert-OH is 1. The summed E-state index contributed by atoms with van der Waals surface area (Å²) in [5, 5.41) is 9.04. The molecule has 1 aliphatic rings. The third-order valence-corrected chi connectivity index (χ3v) is 3.38. The number of hydrogen-bond donors (Lipinski definition) is 2. The minimum absolute atomic E-state index is 0.299. The Kier molecular flexibility index (Phi) is 6.98. The first-order chi connectivity index (χ1) is 7.38. The maximum absolute atomic E-state index is 9.04. The number of nitrogens with zero attached hydrogens (tertiary/aromatic N) is 1. The quantitative estimate of drug-likeness (QED) is 0.600. The van der Waals surface area contributed by atoms with Gasteiger partial charge in [0, 0.05) is 12.6 Å². The second kappa shape index (κ2) is 8.08. The Labute approximate surface area is 93.6 Å². The highest BCUT2D eigenvalue weighted by Crippen LogP contribution is 2.23. The first kappa shape index (κ1) is 12.9. The van der Waals surface area contributed by atoms with Gasteiger partial charge in [-0.25, -0.2) is 0 Å². The summed E-state index contributed by atoms with van der Waals surface area (Å²) in [5.41, 5.74) is 5.47. The van der Waals surface area contributed by atoms with E-state index in [1.165, 1.54) is 38.5 Å². The van der Waals surface area contributed by atoms with Crippen LogP contribution in [0.3, 0.4) is 0 Å². The van der Waals surface area contributed by atoms with E-state index >= 15 is 0 Å². The average molecular weight is 214 g/mol. The summed E-state index contributed by atoms with van der Waals surface area (Å²) in [7, 11) is 0. The monoisotopic (exact) mass is 214 g/mol. The van der Waals surface area contributed by atoms with Crippen molar-refractivity contribution >= 4 is 0 Å². The molecule has 3 nitrogen and oxygen atoms in total. The van der Waals surface area contributed by atoms with E-state index in [4.69, 9.17) is 10.8 Å². The second-order valence-corrected chi connectivity index (χ2v) is 4.55. The lowest BCUT2D eigenvalue weighted by Crippen LogP contribution is -2.36. The lowest BCUT2D eigenvalue weighted by atomic mass is 10.1. The molecule has 15 heavy (non-hydrogen) atoms. The largest absolute Gasteiger partial charge is 0.395 e. The highest BCUT2D eigenvalue weighted by Gasteiger charge is 2.21. The molecule has 90 valence electrons. The first-order valence-corrected chi connectivity index (χ1v) is 6.43. The molecular formula is C12H26N2O. The van der Waals surface area contributed by atoms with Crippen molar-refractivity contribution in [2.75, 3.05) is 26.2 Å². The van der Waals surface area contributed by atoms with Crippen LogP contribution in [0.2, 0.25) is 0 Å². The van der Waals surface area contributed by atoms with Crippen molar-refractivity contribution in [2.45, 2.75) is 51.0 Å². The molecule has 0 aromatic carbocycles. The van der Waals surface area contributed by atoms with Gasteiger partial charge in [-0.15, -0.1) is 0 Å². The lowest BCUT2D eigenvalue weighted by Gasteiger charge is -2.27. The molecule has 3 N–H and O–H groups in total. The van der Waals surface area contributed by atoms with Crippen LogP contribution in [0.25, 0.3) is 0 Å². The predicted molar refractivity (Wildman–Crippen MR) is 63.8 cm³/mol. The molecule has 0 amide bonds. The molecule has 3 heteroatoms. The van der Waals surface area contributed by atoms with Crippen molar-refractivity contribution in [3.8, 4) is 0 Å². The molecule has 0 aromatic rings. The average Bonchev–Trinajstić information content (AvgIpc) is 2.76. The number of hydrogen-bond acceptors (Lipinski definition) is 3. The molecule has 1 aliphatic carbocycles. The Balaban J connectivity index is 2.17. The third-order valence-electron chi connectivity index (χ3n) is 3.38. The molecule has 1 rings (SSSR count). The zero-order chi connectivity index (χ0) is 10.9. The van der Waals surface area contributed by atoms with Gasteiger partial charge in [0.15, 0.2) is 0 Å². The van der Waals surface area contributed by atoms with Gasteiger partial charge in [-0.1, -0.05) is 19.3 Å². The van der Waals surface area contributed by atoms with Crippen molar-refractivity contribution in [1.82, 2.24) is 4.90 Å². The zero-order valence-corrected chi connectivity index (χ0v) is 9.83. The zero-order valence-electron chi connectivity index (χ0n) is 9.83. The summed E-state index contributed by atoms with van der Waals surface area (Å²) in [4.78, 5) is 2.48. The molecule has 0 atom stereocenters. The summed E-state index contributed by atoms with van der Waals surface area (Å²) in [6, 6.07) is 0.745. The predicted octanol–water partition coefficient (Wildman–Crippen LogP) is 1.35. The van der Waals surface area contributed by atoms with Gasteiger partial charge in [0.1, 0.15) is 0 Å². The normalized spacial score (nSPS) is 17.8. The van der Waals surface area contributed by atoms with Gasteiger partial charge in [-0.05, 0) is 38.8 Å². The number of unbranched alkanes of at least 4 members (excludes halogenated alkanes) is 2. The highest BCUT2D eigenvalue weighted by atomic mass is 16.3. The molecule has 0 radical (unpaired) electrons. The van der Waals surface area contributed by atoms with E-state index in [9.17, 15) is 0 Å². The molecule has 0 heterocycles. The minimum atomic E-state index is 0.299. The summed E-state index contributed by atoms with van der Waals surface area (Å²) in [5.74, 6) is 0. The van der Waals surface area contributed by atoms with Crippen LogP contribution in [0.4, 0.5) is 0 Å². The molecule has 0 aromatic heterocycles. The van der Waals surface area contributed by atoms with Crippen molar-refractivity contribution in [2.24, 2.45) is 5.73 Å². The van der Waals surface area contributed by atoms with Crippen LogP contribution >= 0.6 is 0 Å². The SMILES string of the molecule is NCCCCCN(CCO)C1CCCC1. The van der Waals surface area contributed by atoms with Crippen molar-refractivity contribution < 1.29 is 5.11 Å². The van der Waals surface area contributed by atoms with Gasteiger partial charge < -0.3 is 10.8 Å². The van der Waals surface area contributed by atoms with E-state index in [0.29, 0.717) is 6.61 Å². The summed E-state index contributed by atoms with van der Waals surface area (Å²) in [6.07, 6.45) is 9.00. The van der Waals surface area contributed by atoms with Gasteiger partial charge in [0.2, 0.25) is 0 Å². The van der Waals surface area contributed by atoms with Crippen molar-refractivity contribution in [3.63, 3.8) is 0 Å². The Hall–Kier alpha value is -0.120. The third kappa shape index (κ3) is 4.96. The molecule has 1 fully saturated rings. The van der Waals surface area contributed by atoms with E-state index in [0.717, 1.165) is 32.1 Å². The molecule has 0 saturated heterocycles. The van der Waals surface area contributed by atoms with E-state index in [-0.39, 0.29) is 0 Å². The number of nitrogens with two attached hydrogens (primary N) is 1. The first-order valence-electron chi connectivity index (χ1n) is 6.43. The van der Waals surface area contributed by atoms with Crippen LogP contribution in [0, 0.1) is 0 Å². The summed E-state index contributed by atoms with van der Waals surface area (Å²) < 4.78 is 0. The van der Waals surface area contributed by atoms with E-state index < -0.39 is 0 Å². The Morgan fingerprint density at radius 3 is 2.40 bits per heavy atom. The maximum Gasteiger partial charge on any atom is 0.0558 e. The fourth-order valence-corrected chi connectivity index (χ4v) is 2.51. The standard InChI is InChI=1S/C12H26N2O/c13-8-4-1-5-9-14(10-11-15)12-6-2-3-7-12/h12,15H,1-11,13H2. The van der Waals surface area contributed by atoms with Gasteiger partial charge in [-0.3, -0.25) is 4.90 Å². The summed E-state index contributed by atoms with van der Waals surface area (Å²) >= 11 is 0. The van der Waals surface area contributed by atoms with E-state index in [1.54, 1.807) is 0 Å². The van der Waals surface area contributed by atoms with Crippen LogP contribution < -0.4 is 5.73 Å². The minimum Gasteiger partial charge on any atom is -0.395 e.